The van der Waals surface area contributed by atoms with E-state index in [0.717, 1.165) is 19.5 Å². The zero-order chi connectivity index (χ0) is 13.8. The van der Waals surface area contributed by atoms with Crippen molar-refractivity contribution in [2.24, 2.45) is 0 Å². The fourth-order valence-electron chi connectivity index (χ4n) is 2.20. The summed E-state index contributed by atoms with van der Waals surface area (Å²) in [4.78, 5) is 13.9. The fourth-order valence-corrected chi connectivity index (χ4v) is 2.53. The minimum atomic E-state index is -0.433. The molecule has 1 aliphatic heterocycles. The van der Waals surface area contributed by atoms with E-state index in [-0.39, 0.29) is 24.0 Å². The maximum Gasteiger partial charge on any atom is 0.238 e. The monoisotopic (exact) mass is 365 g/mol. The van der Waals surface area contributed by atoms with Crippen LogP contribution in [0.25, 0.3) is 0 Å². The molecule has 112 valence electrons. The Hall–Kier alpha value is -0.690. The van der Waals surface area contributed by atoms with Crippen molar-refractivity contribution in [3.8, 4) is 0 Å². The van der Waals surface area contributed by atoms with E-state index in [1.54, 1.807) is 12.1 Å². The van der Waals surface area contributed by atoms with E-state index in [0.29, 0.717) is 17.1 Å². The number of rotatable bonds is 4. The van der Waals surface area contributed by atoms with Crippen molar-refractivity contribution in [3.63, 3.8) is 0 Å². The van der Waals surface area contributed by atoms with Gasteiger partial charge in [-0.15, -0.1) is 12.4 Å². The molecule has 1 aromatic carbocycles. The summed E-state index contributed by atoms with van der Waals surface area (Å²) in [5.41, 5.74) is 0.220. The topological polar surface area (TPSA) is 44.4 Å². The molecule has 1 atom stereocenters. The van der Waals surface area contributed by atoms with Gasteiger partial charge in [-0.3, -0.25) is 9.69 Å². The molecule has 1 amide bonds. The van der Waals surface area contributed by atoms with E-state index in [1.165, 1.54) is 6.07 Å². The molecule has 2 N–H and O–H groups in total. The second-order valence-electron chi connectivity index (χ2n) is 4.68. The van der Waals surface area contributed by atoms with Gasteiger partial charge in [0.1, 0.15) is 5.82 Å². The number of nitrogens with one attached hydrogen (secondary N) is 2. The summed E-state index contributed by atoms with van der Waals surface area (Å²) < 4.78 is 14.2. The number of anilines is 1. The van der Waals surface area contributed by atoms with Gasteiger partial charge in [0, 0.05) is 23.6 Å². The number of carbonyl (C=O) groups is 1. The molecule has 2 rings (SSSR count). The molecule has 1 aromatic rings. The first-order chi connectivity index (χ1) is 9.08. The second-order valence-corrected chi connectivity index (χ2v) is 5.60. The number of halogens is 3. The Kier molecular flexibility index (Phi) is 6.88. The highest BCUT2D eigenvalue weighted by atomic mass is 79.9. The highest BCUT2D eigenvalue weighted by molar-refractivity contribution is 9.10. The van der Waals surface area contributed by atoms with Crippen LogP contribution >= 0.6 is 28.3 Å². The van der Waals surface area contributed by atoms with Crippen molar-refractivity contribution in [1.29, 1.82) is 0 Å². The lowest BCUT2D eigenvalue weighted by Gasteiger charge is -2.15. The first kappa shape index (κ1) is 17.4. The predicted octanol–water partition coefficient (Wildman–Crippen LogP) is 2.24. The Morgan fingerprint density at radius 2 is 2.30 bits per heavy atom. The van der Waals surface area contributed by atoms with Gasteiger partial charge in [0.2, 0.25) is 5.91 Å². The van der Waals surface area contributed by atoms with Crippen molar-refractivity contribution in [3.05, 3.63) is 28.5 Å². The molecule has 0 bridgehead atoms. The highest BCUT2D eigenvalue weighted by Gasteiger charge is 2.22. The quantitative estimate of drug-likeness (QED) is 0.859. The number of carbonyl (C=O) groups excluding carboxylic acids is 1. The van der Waals surface area contributed by atoms with Crippen LogP contribution in [0.5, 0.6) is 0 Å². The van der Waals surface area contributed by atoms with Crippen molar-refractivity contribution >= 4 is 39.9 Å². The van der Waals surface area contributed by atoms with E-state index >= 15 is 0 Å². The summed E-state index contributed by atoms with van der Waals surface area (Å²) in [6, 6.07) is 5.03. The van der Waals surface area contributed by atoms with Gasteiger partial charge in [-0.1, -0.05) is 15.9 Å². The Morgan fingerprint density at radius 1 is 1.55 bits per heavy atom. The van der Waals surface area contributed by atoms with Crippen molar-refractivity contribution < 1.29 is 9.18 Å². The molecule has 1 fully saturated rings. The van der Waals surface area contributed by atoms with Gasteiger partial charge in [-0.05, 0) is 31.7 Å². The summed E-state index contributed by atoms with van der Waals surface area (Å²) in [5, 5.41) is 5.79. The minimum Gasteiger partial charge on any atom is -0.322 e. The Balaban J connectivity index is 0.00000200. The van der Waals surface area contributed by atoms with Crippen molar-refractivity contribution in [2.75, 3.05) is 32.0 Å². The first-order valence-electron chi connectivity index (χ1n) is 6.23. The van der Waals surface area contributed by atoms with Crippen LogP contribution in [0.3, 0.4) is 0 Å². The molecule has 20 heavy (non-hydrogen) atoms. The van der Waals surface area contributed by atoms with Gasteiger partial charge >= 0.3 is 0 Å². The lowest BCUT2D eigenvalue weighted by atomic mass is 10.3. The predicted molar refractivity (Wildman–Crippen MR) is 83.9 cm³/mol. The van der Waals surface area contributed by atoms with Crippen LogP contribution in [0.1, 0.15) is 6.42 Å². The van der Waals surface area contributed by atoms with Crippen molar-refractivity contribution in [2.45, 2.75) is 12.5 Å². The SMILES string of the molecule is CNC1CCN(CC(=O)Nc2ccc(Br)cc2F)C1.Cl. The Bertz CT molecular complexity index is 475. The summed E-state index contributed by atoms with van der Waals surface area (Å²) in [6.45, 7) is 2.04. The third-order valence-corrected chi connectivity index (χ3v) is 3.75. The van der Waals surface area contributed by atoms with E-state index < -0.39 is 5.82 Å². The van der Waals surface area contributed by atoms with Gasteiger partial charge in [0.15, 0.2) is 0 Å². The molecule has 1 heterocycles. The van der Waals surface area contributed by atoms with E-state index in [9.17, 15) is 9.18 Å². The molecular weight excluding hydrogens is 349 g/mol. The standard InChI is InChI=1S/C13H17BrFN3O.ClH/c1-16-10-4-5-18(7-10)8-13(19)17-12-3-2-9(14)6-11(12)15;/h2-3,6,10,16H,4-5,7-8H2,1H3,(H,17,19);1H. The summed E-state index contributed by atoms with van der Waals surface area (Å²) in [5.74, 6) is -0.616. The molecule has 1 unspecified atom stereocenters. The van der Waals surface area contributed by atoms with Crippen molar-refractivity contribution in [1.82, 2.24) is 10.2 Å². The van der Waals surface area contributed by atoms with Gasteiger partial charge in [-0.25, -0.2) is 4.39 Å². The van der Waals surface area contributed by atoms with Crippen LogP contribution in [0.2, 0.25) is 0 Å². The fraction of sp³-hybridized carbons (Fsp3) is 0.462. The molecule has 7 heteroatoms. The van der Waals surface area contributed by atoms with Gasteiger partial charge in [0.05, 0.1) is 12.2 Å². The number of likely N-dealkylation sites (tertiary alicyclic amines) is 1. The average molecular weight is 367 g/mol. The molecule has 1 aliphatic rings. The molecule has 0 saturated carbocycles. The van der Waals surface area contributed by atoms with Crippen LogP contribution in [0.4, 0.5) is 10.1 Å². The second kappa shape index (κ2) is 7.93. The van der Waals surface area contributed by atoms with Gasteiger partial charge < -0.3 is 10.6 Å². The molecule has 1 saturated heterocycles. The third-order valence-electron chi connectivity index (χ3n) is 3.25. The molecule has 0 aliphatic carbocycles. The van der Waals surface area contributed by atoms with E-state index in [1.807, 2.05) is 7.05 Å². The minimum absolute atomic E-state index is 0. The number of benzene rings is 1. The third kappa shape index (κ3) is 4.70. The first-order valence-corrected chi connectivity index (χ1v) is 7.02. The summed E-state index contributed by atoms with van der Waals surface area (Å²) in [6.07, 6.45) is 1.04. The lowest BCUT2D eigenvalue weighted by molar-refractivity contribution is -0.117. The number of nitrogens with zero attached hydrogens (tertiary/aromatic N) is 1. The van der Waals surface area contributed by atoms with Crippen LogP contribution in [0, 0.1) is 5.82 Å². The zero-order valence-electron chi connectivity index (χ0n) is 11.2. The molecule has 0 aromatic heterocycles. The molecule has 4 nitrogen and oxygen atoms in total. The maximum absolute atomic E-state index is 13.6. The lowest BCUT2D eigenvalue weighted by Crippen LogP contribution is -2.34. The maximum atomic E-state index is 13.6. The number of likely N-dealkylation sites (N-methyl/N-ethyl adjacent to an activating group) is 1. The molecule has 0 radical (unpaired) electrons. The summed E-state index contributed by atoms with van der Waals surface area (Å²) >= 11 is 3.18. The van der Waals surface area contributed by atoms with E-state index in [4.69, 9.17) is 0 Å². The number of hydrogen-bond donors (Lipinski definition) is 2. The van der Waals surface area contributed by atoms with Crippen LogP contribution in [0.15, 0.2) is 22.7 Å². The smallest absolute Gasteiger partial charge is 0.238 e. The van der Waals surface area contributed by atoms with Gasteiger partial charge in [0.25, 0.3) is 0 Å². The summed E-state index contributed by atoms with van der Waals surface area (Å²) in [7, 11) is 1.92. The zero-order valence-corrected chi connectivity index (χ0v) is 13.6. The normalized spacial score (nSPS) is 18.6. The largest absolute Gasteiger partial charge is 0.322 e. The Morgan fingerprint density at radius 3 is 2.90 bits per heavy atom. The average Bonchev–Trinajstić information content (AvgIpc) is 2.80. The number of amides is 1. The highest BCUT2D eigenvalue weighted by Crippen LogP contribution is 2.19. The van der Waals surface area contributed by atoms with Crippen LogP contribution < -0.4 is 10.6 Å². The van der Waals surface area contributed by atoms with Crippen LogP contribution in [-0.4, -0.2) is 43.5 Å². The Labute approximate surface area is 132 Å². The number of hydrogen-bond acceptors (Lipinski definition) is 3. The molecule has 0 spiro atoms. The van der Waals surface area contributed by atoms with E-state index in [2.05, 4.69) is 31.5 Å². The van der Waals surface area contributed by atoms with Crippen LogP contribution in [-0.2, 0) is 4.79 Å². The molecular formula is C13H18BrClFN3O. The van der Waals surface area contributed by atoms with Gasteiger partial charge in [-0.2, -0.15) is 0 Å².